The number of carbonyl (C=O) groups is 3. The van der Waals surface area contributed by atoms with Gasteiger partial charge in [0.05, 0.1) is 10.6 Å². The van der Waals surface area contributed by atoms with Crippen LogP contribution in [0.4, 0.5) is 4.79 Å². The van der Waals surface area contributed by atoms with Gasteiger partial charge in [-0.1, -0.05) is 37.6 Å². The van der Waals surface area contributed by atoms with Gasteiger partial charge in [-0.25, -0.2) is 4.79 Å². The van der Waals surface area contributed by atoms with Gasteiger partial charge in [-0.15, -0.1) is 0 Å². The summed E-state index contributed by atoms with van der Waals surface area (Å²) >= 11 is 6.22. The first-order chi connectivity index (χ1) is 15.2. The van der Waals surface area contributed by atoms with Crippen LogP contribution in [0.1, 0.15) is 49.9 Å². The van der Waals surface area contributed by atoms with Crippen molar-refractivity contribution in [1.29, 1.82) is 0 Å². The zero-order valence-electron chi connectivity index (χ0n) is 19.6. The van der Waals surface area contributed by atoms with Gasteiger partial charge < -0.3 is 15.1 Å². The van der Waals surface area contributed by atoms with E-state index >= 15 is 0 Å². The fraction of sp³-hybridized carbons (Fsp3) is 0.625. The predicted molar refractivity (Wildman–Crippen MR) is 126 cm³/mol. The number of likely N-dealkylation sites (N-methyl/N-ethyl adjacent to an activating group) is 1. The number of amides is 4. The van der Waals surface area contributed by atoms with Crippen LogP contribution >= 0.6 is 11.6 Å². The summed E-state index contributed by atoms with van der Waals surface area (Å²) in [7, 11) is 3.85. The minimum atomic E-state index is -0.882. The number of carbonyl (C=O) groups excluding carboxylic acids is 3. The van der Waals surface area contributed by atoms with Gasteiger partial charge in [0, 0.05) is 26.2 Å². The van der Waals surface area contributed by atoms with Crippen LogP contribution in [0.5, 0.6) is 0 Å². The lowest BCUT2D eigenvalue weighted by atomic mass is 9.73. The minimum absolute atomic E-state index is 0.00245. The molecular weight excluding hydrogens is 428 g/mol. The highest BCUT2D eigenvalue weighted by atomic mass is 35.5. The second-order valence-electron chi connectivity index (χ2n) is 9.64. The molecular formula is C24H35ClN4O3. The lowest BCUT2D eigenvalue weighted by Crippen LogP contribution is -2.56. The maximum absolute atomic E-state index is 13.6. The van der Waals surface area contributed by atoms with E-state index in [9.17, 15) is 14.4 Å². The van der Waals surface area contributed by atoms with Gasteiger partial charge in [-0.3, -0.25) is 14.5 Å². The summed E-state index contributed by atoms with van der Waals surface area (Å²) in [5.41, 5.74) is -0.380. The first-order valence-electron chi connectivity index (χ1n) is 11.5. The number of rotatable bonds is 8. The number of halogens is 1. The number of likely N-dealkylation sites (tertiary alicyclic amines) is 1. The Morgan fingerprint density at radius 2 is 1.88 bits per heavy atom. The number of hydrogen-bond acceptors (Lipinski definition) is 4. The number of hydrogen-bond donors (Lipinski definition) is 1. The van der Waals surface area contributed by atoms with Gasteiger partial charge in [0.15, 0.2) is 0 Å². The molecule has 2 fully saturated rings. The first-order valence-corrected chi connectivity index (χ1v) is 11.9. The van der Waals surface area contributed by atoms with Crippen molar-refractivity contribution in [3.8, 4) is 0 Å². The Kier molecular flexibility index (Phi) is 7.83. The van der Waals surface area contributed by atoms with Gasteiger partial charge >= 0.3 is 6.03 Å². The first kappa shape index (κ1) is 24.5. The topological polar surface area (TPSA) is 73.0 Å². The summed E-state index contributed by atoms with van der Waals surface area (Å²) in [6.07, 6.45) is 2.81. The maximum Gasteiger partial charge on any atom is 0.325 e. The number of nitrogens with one attached hydrogen (secondary N) is 1. The van der Waals surface area contributed by atoms with Crippen LogP contribution in [-0.4, -0.2) is 78.4 Å². The van der Waals surface area contributed by atoms with Crippen LogP contribution < -0.4 is 5.32 Å². The van der Waals surface area contributed by atoms with Crippen LogP contribution in [0.15, 0.2) is 24.3 Å². The molecule has 2 saturated heterocycles. The van der Waals surface area contributed by atoms with Crippen molar-refractivity contribution in [2.45, 2.75) is 45.1 Å². The molecule has 1 atom stereocenters. The van der Waals surface area contributed by atoms with Gasteiger partial charge in [-0.2, -0.15) is 0 Å². The monoisotopic (exact) mass is 462 g/mol. The molecule has 2 aliphatic heterocycles. The molecule has 1 N–H and O–H groups in total. The fourth-order valence-corrected chi connectivity index (χ4v) is 4.91. The molecule has 7 nitrogen and oxygen atoms in total. The number of piperidine rings is 1. The largest absolute Gasteiger partial charge is 0.339 e. The average Bonchev–Trinajstić information content (AvgIpc) is 3.00. The fourth-order valence-electron chi connectivity index (χ4n) is 4.69. The molecule has 0 saturated carbocycles. The number of nitrogens with zero attached hydrogens (tertiary/aromatic N) is 3. The summed E-state index contributed by atoms with van der Waals surface area (Å²) in [5.74, 6) is 0.229. The van der Waals surface area contributed by atoms with Crippen molar-refractivity contribution in [3.05, 3.63) is 34.9 Å². The number of urea groups is 1. The zero-order chi connectivity index (χ0) is 23.5. The molecule has 32 heavy (non-hydrogen) atoms. The highest BCUT2D eigenvalue weighted by molar-refractivity contribution is 6.33. The Morgan fingerprint density at radius 1 is 1.22 bits per heavy atom. The molecule has 176 valence electrons. The molecule has 1 aromatic carbocycles. The molecule has 0 bridgehead atoms. The molecule has 4 amide bonds. The Labute approximate surface area is 196 Å². The molecule has 0 radical (unpaired) electrons. The van der Waals surface area contributed by atoms with E-state index in [2.05, 4.69) is 19.2 Å². The Bertz CT molecular complexity index is 851. The van der Waals surface area contributed by atoms with Crippen molar-refractivity contribution in [3.63, 3.8) is 0 Å². The van der Waals surface area contributed by atoms with Crippen LogP contribution in [0.25, 0.3) is 0 Å². The summed E-state index contributed by atoms with van der Waals surface area (Å²) < 4.78 is 0. The summed E-state index contributed by atoms with van der Waals surface area (Å²) in [5, 5.41) is 3.54. The highest BCUT2D eigenvalue weighted by Gasteiger charge is 2.55. The smallest absolute Gasteiger partial charge is 0.325 e. The van der Waals surface area contributed by atoms with E-state index in [0.29, 0.717) is 61.9 Å². The van der Waals surface area contributed by atoms with E-state index in [4.69, 9.17) is 11.6 Å². The second kappa shape index (κ2) is 10.2. The van der Waals surface area contributed by atoms with Crippen LogP contribution in [-0.2, 0) is 4.79 Å². The SMILES string of the molecule is CC(C)CCC1(C2CCN(C(=O)c3ccccc3Cl)CC2)NC(=O)N(CCN(C)C)C1=O. The molecule has 0 aliphatic carbocycles. The molecule has 0 spiro atoms. The van der Waals surface area contributed by atoms with E-state index in [1.54, 1.807) is 23.1 Å². The quantitative estimate of drug-likeness (QED) is 0.600. The Balaban J connectivity index is 1.75. The molecule has 1 aromatic rings. The predicted octanol–water partition coefficient (Wildman–Crippen LogP) is 3.48. The van der Waals surface area contributed by atoms with E-state index < -0.39 is 5.54 Å². The van der Waals surface area contributed by atoms with Crippen LogP contribution in [0, 0.1) is 11.8 Å². The molecule has 2 heterocycles. The lowest BCUT2D eigenvalue weighted by Gasteiger charge is -2.41. The third-order valence-corrected chi connectivity index (χ3v) is 7.00. The van der Waals surface area contributed by atoms with Crippen molar-refractivity contribution in [1.82, 2.24) is 20.0 Å². The van der Waals surface area contributed by atoms with E-state index in [1.165, 1.54) is 4.90 Å². The molecule has 0 aromatic heterocycles. The maximum atomic E-state index is 13.6. The van der Waals surface area contributed by atoms with Gasteiger partial charge in [-0.05, 0) is 63.7 Å². The summed E-state index contributed by atoms with van der Waals surface area (Å²) in [6.45, 7) is 6.35. The molecule has 1 unspecified atom stereocenters. The summed E-state index contributed by atoms with van der Waals surface area (Å²) in [4.78, 5) is 44.5. The zero-order valence-corrected chi connectivity index (χ0v) is 20.3. The van der Waals surface area contributed by atoms with Gasteiger partial charge in [0.2, 0.25) is 0 Å². The summed E-state index contributed by atoms with van der Waals surface area (Å²) in [6, 6.07) is 6.78. The van der Waals surface area contributed by atoms with Crippen molar-refractivity contribution < 1.29 is 14.4 Å². The normalized spacial score (nSPS) is 22.2. The molecule has 8 heteroatoms. The standard InChI is InChI=1S/C24H35ClN4O3/c1-17(2)9-12-24(22(31)29(23(32)26-24)16-15-27(3)4)18-10-13-28(14-11-18)21(30)19-7-5-6-8-20(19)25/h5-8,17-18H,9-16H2,1-4H3,(H,26,32). The minimum Gasteiger partial charge on any atom is -0.339 e. The lowest BCUT2D eigenvalue weighted by molar-refractivity contribution is -0.134. The van der Waals surface area contributed by atoms with Crippen molar-refractivity contribution in [2.75, 3.05) is 40.3 Å². The van der Waals surface area contributed by atoms with E-state index in [0.717, 1.165) is 6.42 Å². The van der Waals surface area contributed by atoms with Crippen molar-refractivity contribution in [2.24, 2.45) is 11.8 Å². The average molecular weight is 463 g/mol. The van der Waals surface area contributed by atoms with Crippen LogP contribution in [0.3, 0.4) is 0 Å². The molecule has 2 aliphatic rings. The number of imide groups is 1. The van der Waals surface area contributed by atoms with Crippen LogP contribution in [0.2, 0.25) is 5.02 Å². The highest BCUT2D eigenvalue weighted by Crippen LogP contribution is 2.38. The van der Waals surface area contributed by atoms with Gasteiger partial charge in [0.25, 0.3) is 11.8 Å². The van der Waals surface area contributed by atoms with Gasteiger partial charge in [0.1, 0.15) is 5.54 Å². The van der Waals surface area contributed by atoms with E-state index in [-0.39, 0.29) is 23.8 Å². The molecule has 3 rings (SSSR count). The third kappa shape index (κ3) is 5.09. The van der Waals surface area contributed by atoms with E-state index in [1.807, 2.05) is 25.1 Å². The van der Waals surface area contributed by atoms with Crippen molar-refractivity contribution >= 4 is 29.4 Å². The number of benzene rings is 1. The Morgan fingerprint density at radius 3 is 2.47 bits per heavy atom. The second-order valence-corrected chi connectivity index (χ2v) is 10.0. The Hall–Kier alpha value is -2.12. The third-order valence-electron chi connectivity index (χ3n) is 6.67.